The van der Waals surface area contributed by atoms with E-state index in [1.54, 1.807) is 6.07 Å². The zero-order valence-electron chi connectivity index (χ0n) is 8.61. The third-order valence-corrected chi connectivity index (χ3v) is 2.39. The largest absolute Gasteiger partial charge is 0.311 e. The molecule has 0 aromatic heterocycles. The molecule has 1 rings (SSSR count). The molecule has 13 heavy (non-hydrogen) atoms. The van der Waals surface area contributed by atoms with Gasteiger partial charge in [-0.2, -0.15) is 0 Å². The summed E-state index contributed by atoms with van der Waals surface area (Å²) in [4.78, 5) is 0. The van der Waals surface area contributed by atoms with Gasteiger partial charge in [-0.3, -0.25) is 0 Å². The average Bonchev–Trinajstić information content (AvgIpc) is 2.02. The lowest BCUT2D eigenvalue weighted by Crippen LogP contribution is -2.33. The lowest BCUT2D eigenvalue weighted by Gasteiger charge is -2.25. The summed E-state index contributed by atoms with van der Waals surface area (Å²) in [5.41, 5.74) is 1.76. The molecular formula is C11H16FN. The van der Waals surface area contributed by atoms with E-state index in [0.717, 1.165) is 11.1 Å². The van der Waals surface area contributed by atoms with Crippen molar-refractivity contribution in [2.75, 3.05) is 7.05 Å². The number of hydrogen-bond acceptors (Lipinski definition) is 1. The monoisotopic (exact) mass is 181 g/mol. The first-order valence-electron chi connectivity index (χ1n) is 4.42. The summed E-state index contributed by atoms with van der Waals surface area (Å²) < 4.78 is 13.1. The molecule has 1 aromatic rings. The van der Waals surface area contributed by atoms with Crippen molar-refractivity contribution in [2.24, 2.45) is 0 Å². The van der Waals surface area contributed by atoms with Gasteiger partial charge in [0.1, 0.15) is 5.82 Å². The van der Waals surface area contributed by atoms with Gasteiger partial charge >= 0.3 is 0 Å². The molecule has 0 atom stereocenters. The molecule has 0 unspecified atom stereocenters. The molecule has 0 aliphatic rings. The number of nitrogens with one attached hydrogen (secondary N) is 1. The number of halogens is 1. The van der Waals surface area contributed by atoms with Crippen LogP contribution >= 0.6 is 0 Å². The third-order valence-electron chi connectivity index (χ3n) is 2.39. The minimum absolute atomic E-state index is 0.168. The Hall–Kier alpha value is -0.890. The van der Waals surface area contributed by atoms with Gasteiger partial charge < -0.3 is 5.32 Å². The van der Waals surface area contributed by atoms with Gasteiger partial charge in [0, 0.05) is 5.54 Å². The van der Waals surface area contributed by atoms with Crippen molar-refractivity contribution in [2.45, 2.75) is 26.3 Å². The SMILES string of the molecule is CNC(C)(C)c1cc(C)cc(F)c1. The molecule has 0 radical (unpaired) electrons. The summed E-state index contributed by atoms with van der Waals surface area (Å²) in [5.74, 6) is -0.168. The van der Waals surface area contributed by atoms with Crippen molar-refractivity contribution in [1.29, 1.82) is 0 Å². The van der Waals surface area contributed by atoms with Gasteiger partial charge in [-0.1, -0.05) is 6.07 Å². The summed E-state index contributed by atoms with van der Waals surface area (Å²) in [7, 11) is 1.88. The average molecular weight is 181 g/mol. The van der Waals surface area contributed by atoms with E-state index in [1.807, 2.05) is 33.9 Å². The summed E-state index contributed by atoms with van der Waals surface area (Å²) in [5, 5.41) is 3.15. The highest BCUT2D eigenvalue weighted by Gasteiger charge is 2.18. The summed E-state index contributed by atoms with van der Waals surface area (Å²) >= 11 is 0. The highest BCUT2D eigenvalue weighted by Crippen LogP contribution is 2.21. The van der Waals surface area contributed by atoms with Crippen molar-refractivity contribution in [3.8, 4) is 0 Å². The minimum atomic E-state index is -0.174. The molecule has 0 spiro atoms. The maximum Gasteiger partial charge on any atom is 0.123 e. The Kier molecular flexibility index (Phi) is 2.71. The molecule has 0 saturated heterocycles. The van der Waals surface area contributed by atoms with E-state index in [4.69, 9.17) is 0 Å². The van der Waals surface area contributed by atoms with Crippen LogP contribution < -0.4 is 5.32 Å². The summed E-state index contributed by atoms with van der Waals surface area (Å²) in [6.45, 7) is 5.96. The van der Waals surface area contributed by atoms with Crippen LogP contribution in [0.1, 0.15) is 25.0 Å². The van der Waals surface area contributed by atoms with Gasteiger partial charge in [-0.15, -0.1) is 0 Å². The first-order valence-corrected chi connectivity index (χ1v) is 4.42. The molecular weight excluding hydrogens is 165 g/mol. The van der Waals surface area contributed by atoms with E-state index in [1.165, 1.54) is 6.07 Å². The molecule has 0 saturated carbocycles. The van der Waals surface area contributed by atoms with Crippen LogP contribution in [-0.2, 0) is 5.54 Å². The molecule has 0 fully saturated rings. The van der Waals surface area contributed by atoms with Crippen LogP contribution in [0.5, 0.6) is 0 Å². The minimum Gasteiger partial charge on any atom is -0.311 e. The molecule has 1 N–H and O–H groups in total. The van der Waals surface area contributed by atoms with Gasteiger partial charge in [0.2, 0.25) is 0 Å². The fourth-order valence-electron chi connectivity index (χ4n) is 1.24. The first-order chi connectivity index (χ1) is 5.95. The van der Waals surface area contributed by atoms with E-state index < -0.39 is 0 Å². The standard InChI is InChI=1S/C11H16FN/c1-8-5-9(7-10(12)6-8)11(2,3)13-4/h5-7,13H,1-4H3. The Morgan fingerprint density at radius 3 is 2.31 bits per heavy atom. The van der Waals surface area contributed by atoms with E-state index >= 15 is 0 Å². The quantitative estimate of drug-likeness (QED) is 0.739. The molecule has 72 valence electrons. The van der Waals surface area contributed by atoms with Crippen molar-refractivity contribution >= 4 is 0 Å². The molecule has 0 amide bonds. The zero-order chi connectivity index (χ0) is 10.1. The normalized spacial score (nSPS) is 11.8. The Morgan fingerprint density at radius 1 is 1.23 bits per heavy atom. The topological polar surface area (TPSA) is 12.0 Å². The van der Waals surface area contributed by atoms with Gasteiger partial charge in [0.05, 0.1) is 0 Å². The molecule has 0 bridgehead atoms. The predicted octanol–water partition coefficient (Wildman–Crippen LogP) is 2.59. The highest BCUT2D eigenvalue weighted by atomic mass is 19.1. The fraction of sp³-hybridized carbons (Fsp3) is 0.455. The maximum absolute atomic E-state index is 13.1. The Bertz CT molecular complexity index is 285. The first kappa shape index (κ1) is 10.2. The second kappa shape index (κ2) is 3.46. The Morgan fingerprint density at radius 2 is 1.85 bits per heavy atom. The fourth-order valence-corrected chi connectivity index (χ4v) is 1.24. The number of aryl methyl sites for hydroxylation is 1. The second-order valence-corrected chi connectivity index (χ2v) is 3.89. The maximum atomic E-state index is 13.1. The second-order valence-electron chi connectivity index (χ2n) is 3.89. The van der Waals surface area contributed by atoms with Crippen LogP contribution in [0.4, 0.5) is 4.39 Å². The van der Waals surface area contributed by atoms with E-state index in [9.17, 15) is 4.39 Å². The van der Waals surface area contributed by atoms with Gasteiger partial charge in [-0.25, -0.2) is 4.39 Å². The van der Waals surface area contributed by atoms with Gasteiger partial charge in [-0.05, 0) is 51.1 Å². The number of rotatable bonds is 2. The molecule has 0 aliphatic heterocycles. The van der Waals surface area contributed by atoms with Crippen LogP contribution in [-0.4, -0.2) is 7.05 Å². The van der Waals surface area contributed by atoms with Crippen LogP contribution in [0.25, 0.3) is 0 Å². The van der Waals surface area contributed by atoms with Crippen LogP contribution in [0.15, 0.2) is 18.2 Å². The predicted molar refractivity (Wildman–Crippen MR) is 53.2 cm³/mol. The molecule has 0 aliphatic carbocycles. The van der Waals surface area contributed by atoms with E-state index in [0.29, 0.717) is 0 Å². The van der Waals surface area contributed by atoms with Crippen LogP contribution in [0, 0.1) is 12.7 Å². The van der Waals surface area contributed by atoms with E-state index in [2.05, 4.69) is 5.32 Å². The number of hydrogen-bond donors (Lipinski definition) is 1. The van der Waals surface area contributed by atoms with Crippen LogP contribution in [0.2, 0.25) is 0 Å². The summed E-state index contributed by atoms with van der Waals surface area (Å²) in [6.07, 6.45) is 0. The van der Waals surface area contributed by atoms with Crippen LogP contribution in [0.3, 0.4) is 0 Å². The van der Waals surface area contributed by atoms with Crippen molar-refractivity contribution in [1.82, 2.24) is 5.32 Å². The van der Waals surface area contributed by atoms with Crippen molar-refractivity contribution in [3.63, 3.8) is 0 Å². The summed E-state index contributed by atoms with van der Waals surface area (Å²) in [6, 6.07) is 5.11. The Balaban J connectivity index is 3.15. The molecule has 1 aromatic carbocycles. The zero-order valence-corrected chi connectivity index (χ0v) is 8.61. The van der Waals surface area contributed by atoms with Crippen molar-refractivity contribution < 1.29 is 4.39 Å². The third kappa shape index (κ3) is 2.28. The lowest BCUT2D eigenvalue weighted by molar-refractivity contribution is 0.441. The highest BCUT2D eigenvalue weighted by molar-refractivity contribution is 5.28. The van der Waals surface area contributed by atoms with Crippen molar-refractivity contribution in [3.05, 3.63) is 35.1 Å². The molecule has 1 nitrogen and oxygen atoms in total. The molecule has 2 heteroatoms. The lowest BCUT2D eigenvalue weighted by atomic mass is 9.93. The smallest absolute Gasteiger partial charge is 0.123 e. The Labute approximate surface area is 79.0 Å². The van der Waals surface area contributed by atoms with Gasteiger partial charge in [0.25, 0.3) is 0 Å². The van der Waals surface area contributed by atoms with E-state index in [-0.39, 0.29) is 11.4 Å². The van der Waals surface area contributed by atoms with Gasteiger partial charge in [0.15, 0.2) is 0 Å². The molecule has 0 heterocycles. The number of benzene rings is 1.